The lowest BCUT2D eigenvalue weighted by Crippen LogP contribution is -2.14. The Morgan fingerprint density at radius 1 is 1.30 bits per heavy atom. The number of ether oxygens (including phenoxy) is 1. The van der Waals surface area contributed by atoms with Crippen molar-refractivity contribution in [3.05, 3.63) is 59.6 Å². The topological polar surface area (TPSA) is 47.0 Å². The fourth-order valence-electron chi connectivity index (χ4n) is 3.01. The first-order chi connectivity index (χ1) is 11.3. The molecule has 4 nitrogen and oxygen atoms in total. The molecule has 0 unspecified atom stereocenters. The largest absolute Gasteiger partial charge is 0.491 e. The average molecular weight is 309 g/mol. The predicted molar refractivity (Wildman–Crippen MR) is 93.1 cm³/mol. The van der Waals surface area contributed by atoms with Crippen LogP contribution in [0.4, 0.5) is 5.82 Å². The van der Waals surface area contributed by atoms with Gasteiger partial charge in [-0.2, -0.15) is 0 Å². The Morgan fingerprint density at radius 3 is 3.04 bits per heavy atom. The summed E-state index contributed by atoms with van der Waals surface area (Å²) >= 11 is 0. The Hall–Kier alpha value is -2.36. The summed E-state index contributed by atoms with van der Waals surface area (Å²) in [6.45, 7) is 7.19. The van der Waals surface area contributed by atoms with Gasteiger partial charge in [0.2, 0.25) is 0 Å². The summed E-state index contributed by atoms with van der Waals surface area (Å²) in [6.07, 6.45) is 7.77. The van der Waals surface area contributed by atoms with Gasteiger partial charge in [0.25, 0.3) is 0 Å². The van der Waals surface area contributed by atoms with Crippen molar-refractivity contribution >= 4 is 5.82 Å². The molecule has 1 N–H and O–H groups in total. The zero-order valence-corrected chi connectivity index (χ0v) is 13.6. The molecule has 0 atom stereocenters. The maximum Gasteiger partial charge on any atom is 0.132 e. The van der Waals surface area contributed by atoms with Crippen molar-refractivity contribution in [2.24, 2.45) is 0 Å². The molecule has 0 amide bonds. The molecule has 0 saturated heterocycles. The number of anilines is 1. The molecule has 1 aromatic heterocycles. The van der Waals surface area contributed by atoms with Gasteiger partial charge in [-0.3, -0.25) is 0 Å². The molecule has 4 heteroatoms. The molecule has 1 aromatic carbocycles. The third-order valence-electron chi connectivity index (χ3n) is 4.15. The Morgan fingerprint density at radius 2 is 2.22 bits per heavy atom. The van der Waals surface area contributed by atoms with Gasteiger partial charge in [-0.25, -0.2) is 9.97 Å². The molecule has 120 valence electrons. The van der Waals surface area contributed by atoms with Gasteiger partial charge in [0.15, 0.2) is 0 Å². The molecule has 0 fully saturated rings. The van der Waals surface area contributed by atoms with Gasteiger partial charge in [-0.1, -0.05) is 18.2 Å². The van der Waals surface area contributed by atoms with Gasteiger partial charge in [0, 0.05) is 11.3 Å². The van der Waals surface area contributed by atoms with E-state index in [4.69, 9.17) is 4.74 Å². The number of aryl methyl sites for hydroxylation is 2. The number of hydrogen-bond donors (Lipinski definition) is 1. The maximum atomic E-state index is 5.88. The first-order valence-electron chi connectivity index (χ1n) is 8.18. The fraction of sp³-hybridized carbons (Fsp3) is 0.368. The molecular formula is C19H23N3O. The highest BCUT2D eigenvalue weighted by Crippen LogP contribution is 2.25. The monoisotopic (exact) mass is 309 g/mol. The van der Waals surface area contributed by atoms with E-state index in [1.165, 1.54) is 23.2 Å². The highest BCUT2D eigenvalue weighted by atomic mass is 16.5. The zero-order valence-electron chi connectivity index (χ0n) is 13.6. The number of nitrogens with one attached hydrogen (secondary N) is 1. The standard InChI is InChI=1S/C19H23N3O/c1-3-5-15-8-9-18(14(2)12-15)23-11-10-20-19-16-6-4-7-17(16)21-13-22-19/h3,8-9,12-13H,1,4-7,10-11H2,2H3,(H,20,21,22). The van der Waals surface area contributed by atoms with Crippen LogP contribution in [0.25, 0.3) is 0 Å². The molecule has 1 aliphatic carbocycles. The Balaban J connectivity index is 1.52. The van der Waals surface area contributed by atoms with Gasteiger partial charge in [0.1, 0.15) is 24.5 Å². The molecule has 0 radical (unpaired) electrons. The third-order valence-corrected chi connectivity index (χ3v) is 4.15. The van der Waals surface area contributed by atoms with E-state index in [0.29, 0.717) is 6.61 Å². The van der Waals surface area contributed by atoms with Crippen molar-refractivity contribution in [2.75, 3.05) is 18.5 Å². The molecule has 0 spiro atoms. The smallest absolute Gasteiger partial charge is 0.132 e. The molecule has 1 heterocycles. The van der Waals surface area contributed by atoms with Gasteiger partial charge in [-0.15, -0.1) is 6.58 Å². The van der Waals surface area contributed by atoms with Crippen molar-refractivity contribution < 1.29 is 4.74 Å². The Kier molecular flexibility index (Phi) is 4.91. The van der Waals surface area contributed by atoms with Crippen molar-refractivity contribution in [3.63, 3.8) is 0 Å². The van der Waals surface area contributed by atoms with Crippen LogP contribution in [-0.4, -0.2) is 23.1 Å². The highest BCUT2D eigenvalue weighted by molar-refractivity contribution is 5.47. The summed E-state index contributed by atoms with van der Waals surface area (Å²) in [6, 6.07) is 6.28. The summed E-state index contributed by atoms with van der Waals surface area (Å²) in [5.41, 5.74) is 4.89. The van der Waals surface area contributed by atoms with Crippen LogP contribution in [0.15, 0.2) is 37.2 Å². The predicted octanol–water partition coefficient (Wildman–Crippen LogP) is 3.49. The summed E-state index contributed by atoms with van der Waals surface area (Å²) in [5, 5.41) is 3.38. The van der Waals surface area contributed by atoms with Crippen LogP contribution in [-0.2, 0) is 19.3 Å². The van der Waals surface area contributed by atoms with E-state index in [1.807, 2.05) is 12.1 Å². The highest BCUT2D eigenvalue weighted by Gasteiger charge is 2.16. The van der Waals surface area contributed by atoms with E-state index in [9.17, 15) is 0 Å². The van der Waals surface area contributed by atoms with Crippen LogP contribution in [0.1, 0.15) is 28.8 Å². The minimum atomic E-state index is 0.612. The zero-order chi connectivity index (χ0) is 16.1. The summed E-state index contributed by atoms with van der Waals surface area (Å²) < 4.78 is 5.88. The summed E-state index contributed by atoms with van der Waals surface area (Å²) in [4.78, 5) is 8.70. The Labute approximate surface area is 137 Å². The molecule has 1 aliphatic rings. The maximum absolute atomic E-state index is 5.88. The fourth-order valence-corrected chi connectivity index (χ4v) is 3.01. The van der Waals surface area contributed by atoms with Crippen LogP contribution < -0.4 is 10.1 Å². The molecular weight excluding hydrogens is 286 g/mol. The van der Waals surface area contributed by atoms with Crippen LogP contribution in [0.5, 0.6) is 5.75 Å². The number of benzene rings is 1. The second-order valence-corrected chi connectivity index (χ2v) is 5.87. The second kappa shape index (κ2) is 7.27. The van der Waals surface area contributed by atoms with E-state index in [1.54, 1.807) is 6.33 Å². The van der Waals surface area contributed by atoms with E-state index < -0.39 is 0 Å². The lowest BCUT2D eigenvalue weighted by molar-refractivity contribution is 0.330. The van der Waals surface area contributed by atoms with Crippen molar-refractivity contribution in [2.45, 2.75) is 32.6 Å². The first kappa shape index (κ1) is 15.5. The number of nitrogens with zero attached hydrogens (tertiary/aromatic N) is 2. The molecule has 23 heavy (non-hydrogen) atoms. The van der Waals surface area contributed by atoms with Crippen LogP contribution in [0.3, 0.4) is 0 Å². The van der Waals surface area contributed by atoms with Gasteiger partial charge >= 0.3 is 0 Å². The number of rotatable bonds is 7. The van der Waals surface area contributed by atoms with Crippen molar-refractivity contribution in [1.82, 2.24) is 9.97 Å². The van der Waals surface area contributed by atoms with Gasteiger partial charge < -0.3 is 10.1 Å². The summed E-state index contributed by atoms with van der Waals surface area (Å²) in [5.74, 6) is 1.90. The van der Waals surface area contributed by atoms with Gasteiger partial charge in [0.05, 0.1) is 6.54 Å². The number of aromatic nitrogens is 2. The molecule has 2 aromatic rings. The molecule has 0 bridgehead atoms. The number of allylic oxidation sites excluding steroid dienone is 1. The first-order valence-corrected chi connectivity index (χ1v) is 8.18. The lowest BCUT2D eigenvalue weighted by atomic mass is 10.1. The van der Waals surface area contributed by atoms with E-state index >= 15 is 0 Å². The van der Waals surface area contributed by atoms with E-state index in [2.05, 4.69) is 40.9 Å². The minimum Gasteiger partial charge on any atom is -0.491 e. The second-order valence-electron chi connectivity index (χ2n) is 5.87. The normalized spacial score (nSPS) is 12.7. The molecule has 0 saturated carbocycles. The molecule has 3 rings (SSSR count). The SMILES string of the molecule is C=CCc1ccc(OCCNc2ncnc3c2CCC3)c(C)c1. The van der Waals surface area contributed by atoms with Crippen LogP contribution in [0, 0.1) is 6.92 Å². The Bertz CT molecular complexity index is 697. The van der Waals surface area contributed by atoms with Crippen LogP contribution >= 0.6 is 0 Å². The molecule has 0 aliphatic heterocycles. The number of fused-ring (bicyclic) bond motifs is 1. The van der Waals surface area contributed by atoms with E-state index in [0.717, 1.165) is 42.9 Å². The third kappa shape index (κ3) is 3.70. The van der Waals surface area contributed by atoms with E-state index in [-0.39, 0.29) is 0 Å². The minimum absolute atomic E-state index is 0.612. The lowest BCUT2D eigenvalue weighted by Gasteiger charge is -2.12. The average Bonchev–Trinajstić information content (AvgIpc) is 3.03. The van der Waals surface area contributed by atoms with Crippen molar-refractivity contribution in [3.8, 4) is 5.75 Å². The summed E-state index contributed by atoms with van der Waals surface area (Å²) in [7, 11) is 0. The van der Waals surface area contributed by atoms with Gasteiger partial charge in [-0.05, 0) is 49.8 Å². The number of hydrogen-bond acceptors (Lipinski definition) is 4. The quantitative estimate of drug-likeness (QED) is 0.628. The van der Waals surface area contributed by atoms with Crippen LogP contribution in [0.2, 0.25) is 0 Å². The van der Waals surface area contributed by atoms with Crippen molar-refractivity contribution in [1.29, 1.82) is 0 Å².